The first-order valence-corrected chi connectivity index (χ1v) is 8.91. The van der Waals surface area contributed by atoms with E-state index in [1.807, 2.05) is 18.4 Å². The number of aryl methyl sites for hydroxylation is 1. The summed E-state index contributed by atoms with van der Waals surface area (Å²) in [5, 5.41) is 6.38. The Hall–Kier alpha value is -1.16. The van der Waals surface area contributed by atoms with Gasteiger partial charge in [0.2, 0.25) is 5.91 Å². The molecular weight excluding hydrogens is 280 g/mol. The molecule has 112 valence electrons. The van der Waals surface area contributed by atoms with Crippen LogP contribution in [0.3, 0.4) is 0 Å². The van der Waals surface area contributed by atoms with Crippen molar-refractivity contribution < 1.29 is 4.79 Å². The van der Waals surface area contributed by atoms with Crippen LogP contribution in [-0.4, -0.2) is 16.4 Å². The van der Waals surface area contributed by atoms with Crippen molar-refractivity contribution in [3.05, 3.63) is 22.2 Å². The highest BCUT2D eigenvalue weighted by molar-refractivity contribution is 7.09. The average molecular weight is 302 g/mol. The van der Waals surface area contributed by atoms with E-state index in [2.05, 4.69) is 10.3 Å². The van der Waals surface area contributed by atoms with Crippen LogP contribution in [0.4, 0.5) is 0 Å². The molecule has 0 radical (unpaired) electrons. The van der Waals surface area contributed by atoms with Gasteiger partial charge in [-0.25, -0.2) is 4.98 Å². The molecule has 1 N–H and O–H groups in total. The minimum absolute atomic E-state index is 0.0580. The zero-order valence-corrected chi connectivity index (χ0v) is 13.3. The van der Waals surface area contributed by atoms with Crippen LogP contribution in [0.5, 0.6) is 0 Å². The number of hydrogen-bond acceptors (Lipinski definition) is 3. The summed E-state index contributed by atoms with van der Waals surface area (Å²) in [7, 11) is 0. The molecule has 3 nitrogen and oxygen atoms in total. The van der Waals surface area contributed by atoms with Gasteiger partial charge in [-0.1, -0.05) is 0 Å². The van der Waals surface area contributed by atoms with Crippen molar-refractivity contribution >= 4 is 23.3 Å². The van der Waals surface area contributed by atoms with E-state index in [-0.39, 0.29) is 11.4 Å². The van der Waals surface area contributed by atoms with Gasteiger partial charge in [0.25, 0.3) is 0 Å². The molecule has 4 aliphatic rings. The van der Waals surface area contributed by atoms with E-state index in [1.165, 1.54) is 38.5 Å². The molecule has 4 fully saturated rings. The van der Waals surface area contributed by atoms with E-state index in [0.717, 1.165) is 28.5 Å². The maximum Gasteiger partial charge on any atom is 0.244 e. The minimum atomic E-state index is 0.0580. The van der Waals surface area contributed by atoms with Crippen LogP contribution < -0.4 is 5.32 Å². The molecule has 4 bridgehead atoms. The van der Waals surface area contributed by atoms with Gasteiger partial charge in [0.15, 0.2) is 0 Å². The van der Waals surface area contributed by atoms with Gasteiger partial charge in [-0.2, -0.15) is 0 Å². The number of thiazole rings is 1. The zero-order chi connectivity index (χ0) is 14.4. The number of amides is 1. The lowest BCUT2D eigenvalue weighted by Gasteiger charge is -2.56. The summed E-state index contributed by atoms with van der Waals surface area (Å²) in [5.41, 5.74) is 0.993. The van der Waals surface area contributed by atoms with Gasteiger partial charge in [0, 0.05) is 17.0 Å². The molecular formula is C17H22N2OS. The second-order valence-electron chi connectivity index (χ2n) is 7.31. The van der Waals surface area contributed by atoms with Gasteiger partial charge < -0.3 is 5.32 Å². The molecule has 1 aromatic heterocycles. The summed E-state index contributed by atoms with van der Waals surface area (Å²) >= 11 is 1.62. The average Bonchev–Trinajstić information content (AvgIpc) is 2.80. The first-order chi connectivity index (χ1) is 10.1. The van der Waals surface area contributed by atoms with Crippen molar-refractivity contribution in [3.63, 3.8) is 0 Å². The van der Waals surface area contributed by atoms with Crippen LogP contribution in [0.15, 0.2) is 11.5 Å². The largest absolute Gasteiger partial charge is 0.347 e. The second-order valence-corrected chi connectivity index (χ2v) is 8.37. The maximum atomic E-state index is 12.3. The molecule has 0 saturated heterocycles. The molecule has 0 spiro atoms. The van der Waals surface area contributed by atoms with Crippen LogP contribution in [0.2, 0.25) is 0 Å². The molecule has 1 aromatic rings. The molecule has 1 amide bonds. The lowest BCUT2D eigenvalue weighted by atomic mass is 9.53. The molecule has 0 aromatic carbocycles. The minimum Gasteiger partial charge on any atom is -0.347 e. The first-order valence-electron chi connectivity index (χ1n) is 8.03. The van der Waals surface area contributed by atoms with E-state index in [4.69, 9.17) is 0 Å². The predicted molar refractivity (Wildman–Crippen MR) is 84.9 cm³/mol. The number of aromatic nitrogens is 1. The maximum absolute atomic E-state index is 12.3. The smallest absolute Gasteiger partial charge is 0.244 e. The highest BCUT2D eigenvalue weighted by Gasteiger charge is 2.51. The predicted octanol–water partition coefficient (Wildman–Crippen LogP) is 3.55. The molecule has 4 heteroatoms. The molecule has 4 saturated carbocycles. The van der Waals surface area contributed by atoms with Crippen molar-refractivity contribution in [3.8, 4) is 0 Å². The number of hydrogen-bond donors (Lipinski definition) is 1. The Labute approximate surface area is 129 Å². The van der Waals surface area contributed by atoms with E-state index < -0.39 is 0 Å². The normalized spacial score (nSPS) is 37.3. The molecule has 0 aliphatic heterocycles. The van der Waals surface area contributed by atoms with Gasteiger partial charge in [0.05, 0.1) is 10.7 Å². The molecule has 0 atom stereocenters. The quantitative estimate of drug-likeness (QED) is 0.868. The van der Waals surface area contributed by atoms with E-state index in [9.17, 15) is 4.79 Å². The molecule has 1 heterocycles. The standard InChI is InChI=1S/C17H22N2OS/c1-11-18-15(10-21-11)2-3-16(20)19-17-7-12-4-13(8-17)6-14(5-12)9-17/h2-3,10,12-14H,4-9H2,1H3,(H,19,20)/b3-2+. The van der Waals surface area contributed by atoms with Crippen LogP contribution in [0.25, 0.3) is 6.08 Å². The summed E-state index contributed by atoms with van der Waals surface area (Å²) in [6.45, 7) is 1.98. The van der Waals surface area contributed by atoms with Crippen LogP contribution >= 0.6 is 11.3 Å². The third-order valence-corrected chi connectivity index (χ3v) is 6.26. The van der Waals surface area contributed by atoms with Gasteiger partial charge in [-0.05, 0) is 69.3 Å². The summed E-state index contributed by atoms with van der Waals surface area (Å²) in [6, 6.07) is 0. The number of carbonyl (C=O) groups is 1. The summed E-state index contributed by atoms with van der Waals surface area (Å²) in [6.07, 6.45) is 11.3. The fourth-order valence-electron chi connectivity index (χ4n) is 5.18. The van der Waals surface area contributed by atoms with E-state index in [1.54, 1.807) is 17.4 Å². The summed E-state index contributed by atoms with van der Waals surface area (Å²) < 4.78 is 0. The van der Waals surface area contributed by atoms with Crippen molar-refractivity contribution in [2.24, 2.45) is 17.8 Å². The Morgan fingerprint density at radius 2 is 1.90 bits per heavy atom. The van der Waals surface area contributed by atoms with Gasteiger partial charge in [-0.3, -0.25) is 4.79 Å². The third-order valence-electron chi connectivity index (χ3n) is 5.47. The molecule has 21 heavy (non-hydrogen) atoms. The van der Waals surface area contributed by atoms with Crippen molar-refractivity contribution in [2.75, 3.05) is 0 Å². The first kappa shape index (κ1) is 13.5. The Bertz CT molecular complexity index is 554. The van der Waals surface area contributed by atoms with E-state index >= 15 is 0 Å². The van der Waals surface area contributed by atoms with Crippen molar-refractivity contribution in [1.82, 2.24) is 10.3 Å². The van der Waals surface area contributed by atoms with Gasteiger partial charge >= 0.3 is 0 Å². The number of carbonyl (C=O) groups excluding carboxylic acids is 1. The SMILES string of the molecule is Cc1nc(/C=C/C(=O)NC23CC4CC(CC(C4)C2)C3)cs1. The summed E-state index contributed by atoms with van der Waals surface area (Å²) in [4.78, 5) is 16.6. The monoisotopic (exact) mass is 302 g/mol. The van der Waals surface area contributed by atoms with Crippen LogP contribution in [-0.2, 0) is 4.79 Å². The Kier molecular flexibility index (Phi) is 3.18. The highest BCUT2D eigenvalue weighted by Crippen LogP contribution is 2.55. The molecule has 0 unspecified atom stereocenters. The number of nitrogens with one attached hydrogen (secondary N) is 1. The molecule has 4 aliphatic carbocycles. The Morgan fingerprint density at radius 3 is 2.43 bits per heavy atom. The van der Waals surface area contributed by atoms with Crippen LogP contribution in [0.1, 0.15) is 49.2 Å². The van der Waals surface area contributed by atoms with Gasteiger partial charge in [0.1, 0.15) is 0 Å². The van der Waals surface area contributed by atoms with Gasteiger partial charge in [-0.15, -0.1) is 11.3 Å². The number of nitrogens with zero attached hydrogens (tertiary/aromatic N) is 1. The zero-order valence-electron chi connectivity index (χ0n) is 12.5. The topological polar surface area (TPSA) is 42.0 Å². The van der Waals surface area contributed by atoms with E-state index in [0.29, 0.717) is 0 Å². The number of rotatable bonds is 3. The van der Waals surface area contributed by atoms with Crippen LogP contribution in [0, 0.1) is 24.7 Å². The lowest BCUT2D eigenvalue weighted by molar-refractivity contribution is -0.122. The highest BCUT2D eigenvalue weighted by atomic mass is 32.1. The Balaban J connectivity index is 1.43. The second kappa shape index (κ2) is 4.94. The fraction of sp³-hybridized carbons (Fsp3) is 0.647. The Morgan fingerprint density at radius 1 is 1.29 bits per heavy atom. The fourth-order valence-corrected chi connectivity index (χ4v) is 5.77. The summed E-state index contributed by atoms with van der Waals surface area (Å²) in [5.74, 6) is 2.65. The lowest BCUT2D eigenvalue weighted by Crippen LogP contribution is -2.59. The molecule has 5 rings (SSSR count). The van der Waals surface area contributed by atoms with Crippen molar-refractivity contribution in [2.45, 2.75) is 51.0 Å². The third kappa shape index (κ3) is 2.66. The van der Waals surface area contributed by atoms with Crippen molar-refractivity contribution in [1.29, 1.82) is 0 Å².